The second-order valence-corrected chi connectivity index (χ2v) is 3.44. The molecule has 0 saturated heterocycles. The molecule has 1 unspecified atom stereocenters. The van der Waals surface area contributed by atoms with E-state index >= 15 is 0 Å². The Balaban J connectivity index is 3.08. The van der Waals surface area contributed by atoms with Gasteiger partial charge in [0.15, 0.2) is 0 Å². The maximum atomic E-state index is 10.8. The van der Waals surface area contributed by atoms with E-state index in [1.54, 1.807) is 30.6 Å². The Bertz CT molecular complexity index is 414. The number of aldehydes is 1. The molecule has 83 valence electrons. The molecule has 16 heavy (non-hydrogen) atoms. The predicted molar refractivity (Wildman–Crippen MR) is 59.7 cm³/mol. The van der Waals surface area contributed by atoms with Crippen molar-refractivity contribution in [1.29, 1.82) is 5.41 Å². The van der Waals surface area contributed by atoms with Crippen LogP contribution in [0.5, 0.6) is 0 Å². The van der Waals surface area contributed by atoms with Gasteiger partial charge in [-0.2, -0.15) is 0 Å². The summed E-state index contributed by atoms with van der Waals surface area (Å²) in [6.07, 6.45) is 2.10. The summed E-state index contributed by atoms with van der Waals surface area (Å²) < 4.78 is 0. The highest BCUT2D eigenvalue weighted by atomic mass is 16.1. The van der Waals surface area contributed by atoms with Gasteiger partial charge in [0, 0.05) is 12.0 Å². The molecule has 5 heteroatoms. The molecule has 5 nitrogen and oxygen atoms in total. The molecule has 0 aliphatic rings. The molecule has 0 spiro atoms. The number of amidine groups is 1. The SMILES string of the molecule is N=C(N)c1ccc(C(N)([C]=O)CC=O)cc1. The lowest BCUT2D eigenvalue weighted by Crippen LogP contribution is -2.38. The molecule has 0 saturated carbocycles. The van der Waals surface area contributed by atoms with Gasteiger partial charge in [-0.25, -0.2) is 0 Å². The van der Waals surface area contributed by atoms with Crippen LogP contribution in [-0.2, 0) is 15.1 Å². The molecule has 1 atom stereocenters. The fourth-order valence-electron chi connectivity index (χ4n) is 1.30. The standard InChI is InChI=1S/C11H12N3O2/c12-10(13)8-1-3-9(4-2-8)11(14,7-16)5-6-15/h1-4,6H,5,14H2,(H3,12,13). The number of nitrogens with two attached hydrogens (primary N) is 2. The predicted octanol–water partition coefficient (Wildman–Crippen LogP) is -0.177. The van der Waals surface area contributed by atoms with E-state index in [4.69, 9.17) is 16.9 Å². The van der Waals surface area contributed by atoms with E-state index in [9.17, 15) is 9.59 Å². The fourth-order valence-corrected chi connectivity index (χ4v) is 1.30. The second kappa shape index (κ2) is 4.67. The lowest BCUT2D eigenvalue weighted by atomic mass is 9.89. The van der Waals surface area contributed by atoms with Crippen molar-refractivity contribution in [2.75, 3.05) is 0 Å². The zero-order chi connectivity index (χ0) is 12.2. The smallest absolute Gasteiger partial charge is 0.225 e. The number of carbonyl (C=O) groups excluding carboxylic acids is 2. The fraction of sp³-hybridized carbons (Fsp3) is 0.182. The van der Waals surface area contributed by atoms with Crippen molar-refractivity contribution < 1.29 is 9.59 Å². The second-order valence-electron chi connectivity index (χ2n) is 3.44. The van der Waals surface area contributed by atoms with Crippen molar-refractivity contribution >= 4 is 18.4 Å². The van der Waals surface area contributed by atoms with Crippen LogP contribution in [0.2, 0.25) is 0 Å². The van der Waals surface area contributed by atoms with Crippen molar-refractivity contribution in [2.24, 2.45) is 11.5 Å². The van der Waals surface area contributed by atoms with Crippen LogP contribution in [0.15, 0.2) is 24.3 Å². The molecule has 1 rings (SSSR count). The third-order valence-electron chi connectivity index (χ3n) is 2.30. The maximum absolute atomic E-state index is 10.8. The molecular formula is C11H12N3O2. The van der Waals surface area contributed by atoms with Gasteiger partial charge in [0.2, 0.25) is 6.29 Å². The quantitative estimate of drug-likeness (QED) is 0.362. The number of rotatable bonds is 5. The highest BCUT2D eigenvalue weighted by Gasteiger charge is 2.27. The Kier molecular flexibility index (Phi) is 3.52. The number of hydrogen-bond donors (Lipinski definition) is 3. The lowest BCUT2D eigenvalue weighted by Gasteiger charge is -2.19. The van der Waals surface area contributed by atoms with Crippen molar-refractivity contribution in [2.45, 2.75) is 12.0 Å². The van der Waals surface area contributed by atoms with Crippen LogP contribution in [-0.4, -0.2) is 18.4 Å². The van der Waals surface area contributed by atoms with Crippen molar-refractivity contribution in [3.8, 4) is 0 Å². The minimum absolute atomic E-state index is 0.0698. The molecule has 0 bridgehead atoms. The summed E-state index contributed by atoms with van der Waals surface area (Å²) >= 11 is 0. The van der Waals surface area contributed by atoms with E-state index in [-0.39, 0.29) is 12.3 Å². The van der Waals surface area contributed by atoms with Crippen LogP contribution in [0.3, 0.4) is 0 Å². The highest BCUT2D eigenvalue weighted by Crippen LogP contribution is 2.19. The van der Waals surface area contributed by atoms with E-state index in [2.05, 4.69) is 0 Å². The maximum Gasteiger partial charge on any atom is 0.225 e. The van der Waals surface area contributed by atoms with Gasteiger partial charge in [0.1, 0.15) is 17.7 Å². The van der Waals surface area contributed by atoms with Crippen LogP contribution >= 0.6 is 0 Å². The Morgan fingerprint density at radius 3 is 2.38 bits per heavy atom. The van der Waals surface area contributed by atoms with Crippen LogP contribution in [0.1, 0.15) is 17.5 Å². The Labute approximate surface area is 92.9 Å². The summed E-state index contributed by atoms with van der Waals surface area (Å²) in [7, 11) is 0. The van der Waals surface area contributed by atoms with Crippen molar-refractivity contribution in [1.82, 2.24) is 0 Å². The first kappa shape index (κ1) is 12.1. The van der Waals surface area contributed by atoms with E-state index in [1.807, 2.05) is 0 Å². The molecule has 0 aliphatic carbocycles. The number of nitrogen functional groups attached to an aromatic ring is 1. The van der Waals surface area contributed by atoms with Gasteiger partial charge in [-0.15, -0.1) is 0 Å². The lowest BCUT2D eigenvalue weighted by molar-refractivity contribution is -0.108. The molecule has 0 amide bonds. The molecule has 0 aromatic heterocycles. The van der Waals surface area contributed by atoms with E-state index < -0.39 is 5.54 Å². The number of benzene rings is 1. The van der Waals surface area contributed by atoms with Crippen molar-refractivity contribution in [3.05, 3.63) is 35.4 Å². The zero-order valence-corrected chi connectivity index (χ0v) is 8.57. The minimum Gasteiger partial charge on any atom is -0.384 e. The Morgan fingerprint density at radius 1 is 1.44 bits per heavy atom. The Morgan fingerprint density at radius 2 is 2.00 bits per heavy atom. The van der Waals surface area contributed by atoms with Gasteiger partial charge in [-0.1, -0.05) is 24.3 Å². The monoisotopic (exact) mass is 218 g/mol. The van der Waals surface area contributed by atoms with Gasteiger partial charge < -0.3 is 16.3 Å². The molecule has 5 N–H and O–H groups in total. The first-order chi connectivity index (χ1) is 7.53. The molecule has 1 aromatic rings. The summed E-state index contributed by atoms with van der Waals surface area (Å²) in [6, 6.07) is 6.26. The number of hydrogen-bond acceptors (Lipinski definition) is 4. The van der Waals surface area contributed by atoms with Crippen LogP contribution in [0, 0.1) is 5.41 Å². The third-order valence-corrected chi connectivity index (χ3v) is 2.30. The van der Waals surface area contributed by atoms with E-state index in [1.165, 1.54) is 0 Å². The summed E-state index contributed by atoms with van der Waals surface area (Å²) in [4.78, 5) is 21.2. The average Bonchev–Trinajstić information content (AvgIpc) is 2.29. The van der Waals surface area contributed by atoms with Gasteiger partial charge in [-0.3, -0.25) is 10.2 Å². The molecule has 0 heterocycles. The minimum atomic E-state index is -1.42. The van der Waals surface area contributed by atoms with Gasteiger partial charge in [0.05, 0.1) is 0 Å². The largest absolute Gasteiger partial charge is 0.384 e. The van der Waals surface area contributed by atoms with Crippen LogP contribution in [0.25, 0.3) is 0 Å². The van der Waals surface area contributed by atoms with Gasteiger partial charge in [-0.05, 0) is 5.56 Å². The number of carbonyl (C=O) groups is 1. The van der Waals surface area contributed by atoms with E-state index in [0.29, 0.717) is 17.4 Å². The van der Waals surface area contributed by atoms with Crippen molar-refractivity contribution in [3.63, 3.8) is 0 Å². The first-order valence-electron chi connectivity index (χ1n) is 4.60. The molecular weight excluding hydrogens is 206 g/mol. The van der Waals surface area contributed by atoms with Crippen LogP contribution < -0.4 is 11.5 Å². The molecule has 1 aromatic carbocycles. The summed E-state index contributed by atoms with van der Waals surface area (Å²) in [5, 5.41) is 7.20. The summed E-state index contributed by atoms with van der Waals surface area (Å²) in [5.74, 6) is -0.0698. The Hall–Kier alpha value is -2.01. The van der Waals surface area contributed by atoms with Gasteiger partial charge in [0.25, 0.3) is 0 Å². The molecule has 0 fully saturated rings. The van der Waals surface area contributed by atoms with Crippen LogP contribution in [0.4, 0.5) is 0 Å². The first-order valence-corrected chi connectivity index (χ1v) is 4.60. The summed E-state index contributed by atoms with van der Waals surface area (Å²) in [5.41, 5.74) is 10.6. The molecule has 1 radical (unpaired) electrons. The normalized spacial score (nSPS) is 13.8. The average molecular weight is 218 g/mol. The topological polar surface area (TPSA) is 110 Å². The van der Waals surface area contributed by atoms with Gasteiger partial charge >= 0.3 is 0 Å². The van der Waals surface area contributed by atoms with E-state index in [0.717, 1.165) is 0 Å². The highest BCUT2D eigenvalue weighted by molar-refractivity contribution is 5.95. The summed E-state index contributed by atoms with van der Waals surface area (Å²) in [6.45, 7) is 0. The third kappa shape index (κ3) is 2.32. The number of nitrogens with one attached hydrogen (secondary N) is 1. The molecule has 0 aliphatic heterocycles. The zero-order valence-electron chi connectivity index (χ0n) is 8.57.